The molecule has 0 aromatic heterocycles. The Labute approximate surface area is 74.3 Å². The zero-order chi connectivity index (χ0) is 8.15. The molecular formula is C7H7ClOV. The predicted octanol–water partition coefficient (Wildman–Crippen LogP) is 1.60. The molecule has 0 spiro atoms. The summed E-state index contributed by atoms with van der Waals surface area (Å²) in [5, 5.41) is -0.506. The Bertz CT molecular complexity index is 206. The van der Waals surface area contributed by atoms with Gasteiger partial charge < -0.3 is 0 Å². The molecule has 0 radical (unpaired) electrons. The molecular weight excluding hydrogens is 186 g/mol. The van der Waals surface area contributed by atoms with E-state index in [9.17, 15) is 4.79 Å². The third-order valence-corrected chi connectivity index (χ3v) is 1.74. The number of halogens is 1. The molecule has 0 aliphatic heterocycles. The summed E-state index contributed by atoms with van der Waals surface area (Å²) in [5.41, 5.74) is 1.28. The Morgan fingerprint density at radius 2 is 2.20 bits per heavy atom. The Hall–Kier alpha value is -0.106. The average molecular weight is 194 g/mol. The van der Waals surface area contributed by atoms with E-state index in [1.165, 1.54) is 0 Å². The first-order chi connectivity index (χ1) is 4.57. The second-order valence-corrected chi connectivity index (χ2v) is 2.56. The van der Waals surface area contributed by atoms with Gasteiger partial charge in [0.05, 0.1) is 0 Å². The van der Waals surface area contributed by atoms with Crippen LogP contribution in [0.25, 0.3) is 0 Å². The van der Waals surface area contributed by atoms with Crippen molar-refractivity contribution >= 4 is 21.6 Å². The van der Waals surface area contributed by atoms with Crippen LogP contribution in [0.15, 0.2) is 23.8 Å². The normalized spacial score (nSPS) is 10.7. The molecule has 0 saturated carbocycles. The second-order valence-electron chi connectivity index (χ2n) is 1.82. The van der Waals surface area contributed by atoms with Crippen molar-refractivity contribution in [2.24, 2.45) is 0 Å². The van der Waals surface area contributed by atoms with Crippen molar-refractivity contribution in [3.63, 3.8) is 0 Å². The van der Waals surface area contributed by atoms with Gasteiger partial charge >= 0.3 is 74.1 Å². The van der Waals surface area contributed by atoms with Crippen molar-refractivity contribution in [1.29, 1.82) is 0 Å². The van der Waals surface area contributed by atoms with Crippen LogP contribution >= 0.6 is 11.6 Å². The van der Waals surface area contributed by atoms with Crippen LogP contribution in [0.4, 0.5) is 0 Å². The molecule has 3 heteroatoms. The van der Waals surface area contributed by atoms with E-state index in [0.717, 1.165) is 5.57 Å². The van der Waals surface area contributed by atoms with Gasteiger partial charge in [0.15, 0.2) is 0 Å². The Kier molecular flexibility index (Phi) is 4.62. The molecule has 0 saturated heterocycles. The van der Waals surface area contributed by atoms with Crippen LogP contribution in [0.1, 0.15) is 6.92 Å². The summed E-state index contributed by atoms with van der Waals surface area (Å²) >= 11 is 7.42. The standard InChI is InChI=1S/C7H7ClO.V/c1-5(2)4-6(3)7(8)9;/h1,4H,3H2,2H3;/b5-4+;. The first-order valence-corrected chi connectivity index (χ1v) is 3.81. The van der Waals surface area contributed by atoms with E-state index >= 15 is 0 Å². The molecule has 10 heavy (non-hydrogen) atoms. The number of allylic oxidation sites excluding steroid dienone is 3. The summed E-state index contributed by atoms with van der Waals surface area (Å²) in [4.78, 5) is 10.4. The number of rotatable bonds is 3. The van der Waals surface area contributed by atoms with E-state index in [1.54, 1.807) is 6.08 Å². The van der Waals surface area contributed by atoms with E-state index in [0.29, 0.717) is 5.57 Å². The van der Waals surface area contributed by atoms with Gasteiger partial charge in [-0.1, -0.05) is 0 Å². The molecule has 0 heterocycles. The number of hydrogen-bond donors (Lipinski definition) is 0. The first kappa shape index (κ1) is 9.89. The minimum absolute atomic E-state index is 0.321. The van der Waals surface area contributed by atoms with E-state index in [2.05, 4.69) is 23.6 Å². The van der Waals surface area contributed by atoms with Crippen molar-refractivity contribution in [2.75, 3.05) is 0 Å². The van der Waals surface area contributed by atoms with Gasteiger partial charge in [-0.15, -0.1) is 0 Å². The van der Waals surface area contributed by atoms with Crippen molar-refractivity contribution in [3.05, 3.63) is 23.8 Å². The molecule has 0 amide bonds. The molecule has 0 aromatic carbocycles. The SMILES string of the molecule is C=C(/C=C(/C)[CH]=[V])C(=O)Cl. The fourth-order valence-electron chi connectivity index (χ4n) is 0.369. The molecule has 0 unspecified atom stereocenters. The molecule has 53 valence electrons. The van der Waals surface area contributed by atoms with Crippen molar-refractivity contribution in [1.82, 2.24) is 0 Å². The summed E-state index contributed by atoms with van der Waals surface area (Å²) in [6, 6.07) is 0. The number of carbonyl (C=O) groups is 1. The monoisotopic (exact) mass is 193 g/mol. The molecule has 0 N–H and O–H groups in total. The second kappa shape index (κ2) is 4.67. The van der Waals surface area contributed by atoms with Gasteiger partial charge in [-0.05, 0) is 0 Å². The number of hydrogen-bond acceptors (Lipinski definition) is 1. The van der Waals surface area contributed by atoms with Crippen LogP contribution in [0.5, 0.6) is 0 Å². The molecule has 0 aliphatic carbocycles. The van der Waals surface area contributed by atoms with Crippen LogP contribution in [0.3, 0.4) is 0 Å². The third kappa shape index (κ3) is 3.83. The molecule has 0 aliphatic rings. The van der Waals surface area contributed by atoms with Crippen molar-refractivity contribution in [2.45, 2.75) is 6.92 Å². The van der Waals surface area contributed by atoms with Crippen LogP contribution in [0.2, 0.25) is 0 Å². The quantitative estimate of drug-likeness (QED) is 0.378. The third-order valence-electron chi connectivity index (χ3n) is 0.858. The summed E-state index contributed by atoms with van der Waals surface area (Å²) in [6.45, 7) is 5.32. The maximum atomic E-state index is 10.4. The fraction of sp³-hybridized carbons (Fsp3) is 0.143. The summed E-state index contributed by atoms with van der Waals surface area (Å²) < 4.78 is 1.82. The zero-order valence-corrected chi connectivity index (χ0v) is 7.75. The Morgan fingerprint density at radius 1 is 1.70 bits per heavy atom. The van der Waals surface area contributed by atoms with Crippen molar-refractivity contribution < 1.29 is 21.8 Å². The van der Waals surface area contributed by atoms with Gasteiger partial charge in [0, 0.05) is 0 Å². The zero-order valence-electron chi connectivity index (χ0n) is 5.60. The van der Waals surface area contributed by atoms with Crippen LogP contribution < -0.4 is 0 Å². The minimum atomic E-state index is -0.506. The molecule has 0 bridgehead atoms. The van der Waals surface area contributed by atoms with Crippen molar-refractivity contribution in [3.8, 4) is 0 Å². The average Bonchev–Trinajstić information content (AvgIpc) is 1.87. The topological polar surface area (TPSA) is 17.1 Å². The summed E-state index contributed by atoms with van der Waals surface area (Å²) in [6.07, 6.45) is 1.63. The van der Waals surface area contributed by atoms with Gasteiger partial charge in [-0.3, -0.25) is 0 Å². The predicted molar refractivity (Wildman–Crippen MR) is 39.8 cm³/mol. The Morgan fingerprint density at radius 3 is 2.50 bits per heavy atom. The summed E-state index contributed by atoms with van der Waals surface area (Å²) in [5.74, 6) is 0. The summed E-state index contributed by atoms with van der Waals surface area (Å²) in [7, 11) is 0. The Balaban J connectivity index is 4.27. The van der Waals surface area contributed by atoms with Gasteiger partial charge in [0.1, 0.15) is 0 Å². The number of carbonyl (C=O) groups excluding carboxylic acids is 1. The van der Waals surface area contributed by atoms with Crippen LogP contribution in [-0.4, -0.2) is 9.97 Å². The van der Waals surface area contributed by atoms with Gasteiger partial charge in [-0.2, -0.15) is 0 Å². The van der Waals surface area contributed by atoms with Gasteiger partial charge in [-0.25, -0.2) is 0 Å². The first-order valence-electron chi connectivity index (χ1n) is 2.62. The fourth-order valence-corrected chi connectivity index (χ4v) is 0.540. The molecule has 0 rings (SSSR count). The molecule has 1 nitrogen and oxygen atoms in total. The van der Waals surface area contributed by atoms with Crippen LogP contribution in [-0.2, 0) is 21.8 Å². The van der Waals surface area contributed by atoms with E-state index in [4.69, 9.17) is 11.6 Å². The molecule has 0 aromatic rings. The van der Waals surface area contributed by atoms with E-state index in [-0.39, 0.29) is 0 Å². The van der Waals surface area contributed by atoms with Crippen LogP contribution in [0, 0.1) is 0 Å². The van der Waals surface area contributed by atoms with Gasteiger partial charge in [0.2, 0.25) is 0 Å². The molecule has 0 fully saturated rings. The maximum absolute atomic E-state index is 10.4. The molecule has 0 atom stereocenters. The van der Waals surface area contributed by atoms with Gasteiger partial charge in [0.25, 0.3) is 0 Å². The van der Waals surface area contributed by atoms with E-state index in [1.807, 2.05) is 11.7 Å². The van der Waals surface area contributed by atoms with E-state index < -0.39 is 5.24 Å².